The number of anilines is 1. The number of aliphatic hydroxyl groups is 2. The standard InChI is InChI=1S/C11H17N3O3S/c1-12-10-13-8(5-18-10)9(16)14-4-2-3-11(17,6-14)7-15/h5,15,17H,2-4,6-7H2,1H3,(H,12,13)/t11-/m0/s1. The number of rotatable bonds is 3. The smallest absolute Gasteiger partial charge is 0.273 e. The van der Waals surface area contributed by atoms with E-state index in [1.165, 1.54) is 11.3 Å². The van der Waals surface area contributed by atoms with Gasteiger partial charge in [0.2, 0.25) is 0 Å². The van der Waals surface area contributed by atoms with Crippen molar-refractivity contribution in [3.05, 3.63) is 11.1 Å². The van der Waals surface area contributed by atoms with Gasteiger partial charge in [0.25, 0.3) is 5.91 Å². The number of nitrogens with zero attached hydrogens (tertiary/aromatic N) is 2. The van der Waals surface area contributed by atoms with Gasteiger partial charge in [-0.25, -0.2) is 4.98 Å². The van der Waals surface area contributed by atoms with Crippen molar-refractivity contribution in [3.8, 4) is 0 Å². The van der Waals surface area contributed by atoms with Gasteiger partial charge in [-0.2, -0.15) is 0 Å². The number of amides is 1. The summed E-state index contributed by atoms with van der Waals surface area (Å²) < 4.78 is 0. The number of hydrogen-bond acceptors (Lipinski definition) is 6. The highest BCUT2D eigenvalue weighted by atomic mass is 32.1. The number of likely N-dealkylation sites (tertiary alicyclic amines) is 1. The Morgan fingerprint density at radius 1 is 1.72 bits per heavy atom. The minimum absolute atomic E-state index is 0.161. The molecular weight excluding hydrogens is 254 g/mol. The fourth-order valence-corrected chi connectivity index (χ4v) is 2.71. The fourth-order valence-electron chi connectivity index (χ4n) is 2.06. The zero-order valence-corrected chi connectivity index (χ0v) is 11.0. The Labute approximate surface area is 109 Å². The SMILES string of the molecule is CNc1nc(C(=O)N2CCC[C@@](O)(CO)C2)cs1. The van der Waals surface area contributed by atoms with Crippen LogP contribution in [0.15, 0.2) is 5.38 Å². The predicted molar refractivity (Wildman–Crippen MR) is 68.8 cm³/mol. The Morgan fingerprint density at radius 2 is 2.50 bits per heavy atom. The molecule has 1 aliphatic heterocycles. The normalized spacial score (nSPS) is 24.1. The van der Waals surface area contributed by atoms with Crippen molar-refractivity contribution < 1.29 is 15.0 Å². The summed E-state index contributed by atoms with van der Waals surface area (Å²) in [5, 5.41) is 24.4. The van der Waals surface area contributed by atoms with Crippen LogP contribution in [0, 0.1) is 0 Å². The number of aliphatic hydroxyl groups excluding tert-OH is 1. The summed E-state index contributed by atoms with van der Waals surface area (Å²) in [4.78, 5) is 17.9. The van der Waals surface area contributed by atoms with Crippen LogP contribution in [-0.4, -0.2) is 58.3 Å². The van der Waals surface area contributed by atoms with Crippen LogP contribution in [0.25, 0.3) is 0 Å². The topological polar surface area (TPSA) is 85.7 Å². The van der Waals surface area contributed by atoms with Gasteiger partial charge >= 0.3 is 0 Å². The van der Waals surface area contributed by atoms with Crippen molar-refractivity contribution in [3.63, 3.8) is 0 Å². The number of nitrogens with one attached hydrogen (secondary N) is 1. The number of carbonyl (C=O) groups excluding carboxylic acids is 1. The zero-order chi connectivity index (χ0) is 13.2. The molecule has 0 aliphatic carbocycles. The Kier molecular flexibility index (Phi) is 3.84. The molecule has 2 heterocycles. The molecule has 0 saturated carbocycles. The largest absolute Gasteiger partial charge is 0.393 e. The third-order valence-corrected chi connectivity index (χ3v) is 3.93. The first-order valence-electron chi connectivity index (χ1n) is 5.84. The highest BCUT2D eigenvalue weighted by Crippen LogP contribution is 2.23. The van der Waals surface area contributed by atoms with Gasteiger partial charge in [-0.15, -0.1) is 11.3 Å². The van der Waals surface area contributed by atoms with Crippen LogP contribution in [0.4, 0.5) is 5.13 Å². The maximum atomic E-state index is 12.2. The molecule has 0 aromatic carbocycles. The monoisotopic (exact) mass is 271 g/mol. The van der Waals surface area contributed by atoms with E-state index < -0.39 is 5.60 Å². The van der Waals surface area contributed by atoms with Crippen LogP contribution in [0.1, 0.15) is 23.3 Å². The summed E-state index contributed by atoms with van der Waals surface area (Å²) >= 11 is 1.37. The quantitative estimate of drug-likeness (QED) is 0.728. The first kappa shape index (κ1) is 13.3. The first-order valence-corrected chi connectivity index (χ1v) is 6.72. The average Bonchev–Trinajstić information content (AvgIpc) is 2.86. The van der Waals surface area contributed by atoms with Crippen molar-refractivity contribution in [2.24, 2.45) is 0 Å². The minimum Gasteiger partial charge on any atom is -0.393 e. The molecule has 3 N–H and O–H groups in total. The molecule has 7 heteroatoms. The molecule has 1 aromatic rings. The van der Waals surface area contributed by atoms with Gasteiger partial charge in [0.1, 0.15) is 11.3 Å². The fraction of sp³-hybridized carbons (Fsp3) is 0.636. The Balaban J connectivity index is 2.09. The molecule has 0 radical (unpaired) electrons. The number of piperidine rings is 1. The second-order valence-electron chi connectivity index (χ2n) is 4.50. The Hall–Kier alpha value is -1.18. The first-order chi connectivity index (χ1) is 8.58. The molecule has 1 saturated heterocycles. The number of hydrogen-bond donors (Lipinski definition) is 3. The molecule has 1 amide bonds. The van der Waals surface area contributed by atoms with E-state index in [0.29, 0.717) is 30.2 Å². The summed E-state index contributed by atoms with van der Waals surface area (Å²) in [5.41, 5.74) is -0.790. The number of thiazole rings is 1. The van der Waals surface area contributed by atoms with E-state index in [1.807, 2.05) is 0 Å². The van der Waals surface area contributed by atoms with Crippen LogP contribution in [0.3, 0.4) is 0 Å². The van der Waals surface area contributed by atoms with E-state index in [4.69, 9.17) is 5.11 Å². The van der Waals surface area contributed by atoms with Crippen LogP contribution in [0.5, 0.6) is 0 Å². The second kappa shape index (κ2) is 5.21. The molecule has 0 bridgehead atoms. The summed E-state index contributed by atoms with van der Waals surface area (Å²) in [5.74, 6) is -0.195. The molecule has 1 aromatic heterocycles. The van der Waals surface area contributed by atoms with Gasteiger partial charge in [0, 0.05) is 19.0 Å². The molecule has 0 spiro atoms. The molecule has 1 atom stereocenters. The van der Waals surface area contributed by atoms with Gasteiger partial charge in [-0.3, -0.25) is 4.79 Å². The van der Waals surface area contributed by atoms with E-state index in [2.05, 4.69) is 10.3 Å². The van der Waals surface area contributed by atoms with Crippen molar-refractivity contribution in [1.82, 2.24) is 9.88 Å². The molecule has 2 rings (SSSR count). The number of β-amino-alcohol motifs (C(OH)–C–C–N with tert-alkyl or cyclic N) is 1. The van der Waals surface area contributed by atoms with Crippen LogP contribution >= 0.6 is 11.3 Å². The van der Waals surface area contributed by atoms with Crippen molar-refractivity contribution >= 4 is 22.4 Å². The molecule has 18 heavy (non-hydrogen) atoms. The molecule has 100 valence electrons. The second-order valence-corrected chi connectivity index (χ2v) is 5.36. The molecular formula is C11H17N3O3S. The lowest BCUT2D eigenvalue weighted by Gasteiger charge is -2.37. The predicted octanol–water partition coefficient (Wildman–Crippen LogP) is 0.144. The lowest BCUT2D eigenvalue weighted by molar-refractivity contribution is -0.0599. The Morgan fingerprint density at radius 3 is 3.11 bits per heavy atom. The number of carbonyl (C=O) groups is 1. The van der Waals surface area contributed by atoms with Gasteiger partial charge in [-0.1, -0.05) is 0 Å². The zero-order valence-electron chi connectivity index (χ0n) is 10.2. The molecule has 1 fully saturated rings. The minimum atomic E-state index is -1.17. The van der Waals surface area contributed by atoms with E-state index in [1.54, 1.807) is 17.3 Å². The Bertz CT molecular complexity index is 437. The third kappa shape index (κ3) is 2.63. The lowest BCUT2D eigenvalue weighted by atomic mass is 9.93. The highest BCUT2D eigenvalue weighted by molar-refractivity contribution is 7.13. The van der Waals surface area contributed by atoms with Gasteiger partial charge < -0.3 is 20.4 Å². The van der Waals surface area contributed by atoms with E-state index >= 15 is 0 Å². The summed E-state index contributed by atoms with van der Waals surface area (Å²) in [6.45, 7) is 0.428. The summed E-state index contributed by atoms with van der Waals surface area (Å²) in [7, 11) is 1.75. The van der Waals surface area contributed by atoms with E-state index in [-0.39, 0.29) is 19.1 Å². The average molecular weight is 271 g/mol. The van der Waals surface area contributed by atoms with Crippen LogP contribution in [0.2, 0.25) is 0 Å². The van der Waals surface area contributed by atoms with Crippen LogP contribution in [-0.2, 0) is 0 Å². The lowest BCUT2D eigenvalue weighted by Crippen LogP contribution is -2.52. The van der Waals surface area contributed by atoms with Crippen LogP contribution < -0.4 is 5.32 Å². The summed E-state index contributed by atoms with van der Waals surface area (Å²) in [6.07, 6.45) is 1.21. The third-order valence-electron chi connectivity index (χ3n) is 3.07. The van der Waals surface area contributed by atoms with Gasteiger partial charge in [0.15, 0.2) is 5.13 Å². The van der Waals surface area contributed by atoms with Crippen molar-refractivity contribution in [2.75, 3.05) is 32.1 Å². The van der Waals surface area contributed by atoms with E-state index in [0.717, 1.165) is 0 Å². The highest BCUT2D eigenvalue weighted by Gasteiger charge is 2.35. The van der Waals surface area contributed by atoms with E-state index in [9.17, 15) is 9.90 Å². The maximum Gasteiger partial charge on any atom is 0.273 e. The molecule has 1 aliphatic rings. The van der Waals surface area contributed by atoms with Crippen molar-refractivity contribution in [2.45, 2.75) is 18.4 Å². The molecule has 0 unspecified atom stereocenters. The molecule has 6 nitrogen and oxygen atoms in total. The van der Waals surface area contributed by atoms with Gasteiger partial charge in [-0.05, 0) is 12.8 Å². The van der Waals surface area contributed by atoms with Gasteiger partial charge in [0.05, 0.1) is 13.2 Å². The van der Waals surface area contributed by atoms with Crippen molar-refractivity contribution in [1.29, 1.82) is 0 Å². The maximum absolute atomic E-state index is 12.2. The summed E-state index contributed by atoms with van der Waals surface area (Å²) in [6, 6.07) is 0. The number of aromatic nitrogens is 1.